The minimum absolute atomic E-state index is 0.158. The van der Waals surface area contributed by atoms with Gasteiger partial charge in [0.25, 0.3) is 0 Å². The number of hydrogen-bond acceptors (Lipinski definition) is 2. The van der Waals surface area contributed by atoms with Gasteiger partial charge in [-0.05, 0) is 24.7 Å². The van der Waals surface area contributed by atoms with Crippen molar-refractivity contribution in [3.8, 4) is 0 Å². The Morgan fingerprint density at radius 2 is 1.94 bits per heavy atom. The Morgan fingerprint density at radius 3 is 2.56 bits per heavy atom. The van der Waals surface area contributed by atoms with Gasteiger partial charge in [0.1, 0.15) is 0 Å². The Labute approximate surface area is 100 Å². The van der Waals surface area contributed by atoms with Crippen LogP contribution < -0.4 is 4.72 Å². The smallest absolute Gasteiger partial charge is 0.211 e. The molecule has 0 aliphatic heterocycles. The lowest BCUT2D eigenvalue weighted by Crippen LogP contribution is -2.44. The maximum absolute atomic E-state index is 11.8. The number of nitrogens with one attached hydrogen (secondary N) is 1. The Bertz CT molecular complexity index is 300. The van der Waals surface area contributed by atoms with Crippen LogP contribution in [0.2, 0.25) is 0 Å². The average Bonchev–Trinajstić information content (AvgIpc) is 2.22. The summed E-state index contributed by atoms with van der Waals surface area (Å²) >= 11 is 0. The molecule has 1 saturated carbocycles. The SMILES string of the molecule is CCCCS(=O)(=O)NC1CCCC(C)C1C. The van der Waals surface area contributed by atoms with Crippen LogP contribution in [0.15, 0.2) is 0 Å². The quantitative estimate of drug-likeness (QED) is 0.811. The van der Waals surface area contributed by atoms with Gasteiger partial charge in [0.05, 0.1) is 5.75 Å². The molecule has 0 aromatic carbocycles. The predicted octanol–water partition coefficient (Wildman–Crippen LogP) is 2.53. The summed E-state index contributed by atoms with van der Waals surface area (Å²) in [6.07, 6.45) is 5.06. The van der Waals surface area contributed by atoms with E-state index in [1.54, 1.807) is 0 Å². The number of unbranched alkanes of at least 4 members (excludes halogenated alkanes) is 1. The summed E-state index contributed by atoms with van der Waals surface area (Å²) in [6, 6.07) is 0.158. The Balaban J connectivity index is 2.52. The standard InChI is InChI=1S/C12H25NO2S/c1-4-5-9-16(14,15)13-12-8-6-7-10(2)11(12)3/h10-13H,4-9H2,1-3H3. The zero-order chi connectivity index (χ0) is 12.2. The minimum Gasteiger partial charge on any atom is -0.212 e. The van der Waals surface area contributed by atoms with Gasteiger partial charge in [0.2, 0.25) is 10.0 Å². The van der Waals surface area contributed by atoms with Crippen molar-refractivity contribution >= 4 is 10.0 Å². The molecule has 0 bridgehead atoms. The van der Waals surface area contributed by atoms with Crippen molar-refractivity contribution < 1.29 is 8.42 Å². The molecule has 1 fully saturated rings. The van der Waals surface area contributed by atoms with E-state index in [0.29, 0.717) is 11.8 Å². The molecule has 0 radical (unpaired) electrons. The van der Waals surface area contributed by atoms with Gasteiger partial charge in [-0.2, -0.15) is 0 Å². The van der Waals surface area contributed by atoms with Crippen molar-refractivity contribution in [2.75, 3.05) is 5.75 Å². The second kappa shape index (κ2) is 6.01. The summed E-state index contributed by atoms with van der Waals surface area (Å²) in [5.74, 6) is 1.37. The Morgan fingerprint density at radius 1 is 1.25 bits per heavy atom. The van der Waals surface area contributed by atoms with E-state index < -0.39 is 10.0 Å². The third-order valence-electron chi connectivity index (χ3n) is 3.80. The fourth-order valence-corrected chi connectivity index (χ4v) is 3.95. The maximum atomic E-state index is 11.8. The maximum Gasteiger partial charge on any atom is 0.211 e. The van der Waals surface area contributed by atoms with Gasteiger partial charge in [-0.25, -0.2) is 13.1 Å². The molecule has 0 saturated heterocycles. The molecule has 96 valence electrons. The molecule has 1 aliphatic rings. The second-order valence-corrected chi connectivity index (χ2v) is 7.04. The van der Waals surface area contributed by atoms with Gasteiger partial charge in [-0.1, -0.05) is 40.0 Å². The second-order valence-electron chi connectivity index (χ2n) is 5.16. The summed E-state index contributed by atoms with van der Waals surface area (Å²) < 4.78 is 26.5. The molecule has 0 spiro atoms. The fraction of sp³-hybridized carbons (Fsp3) is 1.00. The lowest BCUT2D eigenvalue weighted by molar-refractivity contribution is 0.227. The van der Waals surface area contributed by atoms with Gasteiger partial charge < -0.3 is 0 Å². The van der Waals surface area contributed by atoms with E-state index in [2.05, 4.69) is 18.6 Å². The van der Waals surface area contributed by atoms with Crippen molar-refractivity contribution in [1.82, 2.24) is 4.72 Å². The number of sulfonamides is 1. The molecular weight excluding hydrogens is 222 g/mol. The van der Waals surface area contributed by atoms with Gasteiger partial charge in [0, 0.05) is 6.04 Å². The molecule has 0 amide bonds. The summed E-state index contributed by atoms with van der Waals surface area (Å²) in [5, 5.41) is 0. The first-order valence-electron chi connectivity index (χ1n) is 6.46. The van der Waals surface area contributed by atoms with Crippen LogP contribution in [0, 0.1) is 11.8 Å². The topological polar surface area (TPSA) is 46.2 Å². The highest BCUT2D eigenvalue weighted by molar-refractivity contribution is 7.89. The molecule has 16 heavy (non-hydrogen) atoms. The van der Waals surface area contributed by atoms with E-state index in [1.807, 2.05) is 6.92 Å². The molecule has 1 N–H and O–H groups in total. The first-order valence-corrected chi connectivity index (χ1v) is 8.11. The monoisotopic (exact) mass is 247 g/mol. The van der Waals surface area contributed by atoms with Crippen molar-refractivity contribution in [1.29, 1.82) is 0 Å². The lowest BCUT2D eigenvalue weighted by Gasteiger charge is -2.34. The molecule has 1 rings (SSSR count). The molecule has 4 heteroatoms. The minimum atomic E-state index is -3.05. The molecule has 0 aromatic heterocycles. The molecule has 3 nitrogen and oxygen atoms in total. The zero-order valence-electron chi connectivity index (χ0n) is 10.7. The summed E-state index contributed by atoms with van der Waals surface area (Å²) in [6.45, 7) is 6.40. The molecule has 0 aromatic rings. The van der Waals surface area contributed by atoms with Crippen LogP contribution in [0.4, 0.5) is 0 Å². The van der Waals surface area contributed by atoms with Crippen LogP contribution in [-0.4, -0.2) is 20.2 Å². The van der Waals surface area contributed by atoms with E-state index in [1.165, 1.54) is 6.42 Å². The van der Waals surface area contributed by atoms with Crippen LogP contribution in [0.25, 0.3) is 0 Å². The zero-order valence-corrected chi connectivity index (χ0v) is 11.5. The van der Waals surface area contributed by atoms with Crippen molar-refractivity contribution in [3.05, 3.63) is 0 Å². The predicted molar refractivity (Wildman–Crippen MR) is 67.8 cm³/mol. The van der Waals surface area contributed by atoms with Crippen molar-refractivity contribution in [2.24, 2.45) is 11.8 Å². The first kappa shape index (κ1) is 14.0. The highest BCUT2D eigenvalue weighted by Crippen LogP contribution is 2.29. The third-order valence-corrected chi connectivity index (χ3v) is 5.29. The van der Waals surface area contributed by atoms with E-state index in [0.717, 1.165) is 25.7 Å². The number of hydrogen-bond donors (Lipinski definition) is 1. The Hall–Kier alpha value is -0.0900. The molecule has 3 unspecified atom stereocenters. The number of rotatable bonds is 5. The first-order chi connectivity index (χ1) is 7.46. The average molecular weight is 247 g/mol. The van der Waals surface area contributed by atoms with Crippen LogP contribution in [-0.2, 0) is 10.0 Å². The van der Waals surface area contributed by atoms with Crippen molar-refractivity contribution in [2.45, 2.75) is 58.9 Å². The highest BCUT2D eigenvalue weighted by atomic mass is 32.2. The summed E-state index contributed by atoms with van der Waals surface area (Å²) in [7, 11) is -3.05. The lowest BCUT2D eigenvalue weighted by atomic mass is 9.78. The highest BCUT2D eigenvalue weighted by Gasteiger charge is 2.29. The fourth-order valence-electron chi connectivity index (χ4n) is 2.37. The molecule has 0 heterocycles. The largest absolute Gasteiger partial charge is 0.212 e. The third kappa shape index (κ3) is 4.06. The summed E-state index contributed by atoms with van der Waals surface area (Å²) in [4.78, 5) is 0. The van der Waals surface area contributed by atoms with Gasteiger partial charge in [0.15, 0.2) is 0 Å². The normalized spacial score (nSPS) is 31.6. The van der Waals surface area contributed by atoms with Gasteiger partial charge in [-0.3, -0.25) is 0 Å². The molecular formula is C12H25NO2S. The van der Waals surface area contributed by atoms with E-state index >= 15 is 0 Å². The molecule has 1 aliphatic carbocycles. The van der Waals surface area contributed by atoms with Crippen LogP contribution >= 0.6 is 0 Å². The molecule has 3 atom stereocenters. The van der Waals surface area contributed by atoms with Crippen LogP contribution in [0.1, 0.15) is 52.9 Å². The van der Waals surface area contributed by atoms with Crippen molar-refractivity contribution in [3.63, 3.8) is 0 Å². The van der Waals surface area contributed by atoms with Gasteiger partial charge in [-0.15, -0.1) is 0 Å². The van der Waals surface area contributed by atoms with E-state index in [-0.39, 0.29) is 11.8 Å². The summed E-state index contributed by atoms with van der Waals surface area (Å²) in [5.41, 5.74) is 0. The van der Waals surface area contributed by atoms with Crippen LogP contribution in [0.3, 0.4) is 0 Å². The Kier molecular flexibility index (Phi) is 5.25. The van der Waals surface area contributed by atoms with Gasteiger partial charge >= 0.3 is 0 Å². The van der Waals surface area contributed by atoms with E-state index in [4.69, 9.17) is 0 Å². The van der Waals surface area contributed by atoms with Crippen LogP contribution in [0.5, 0.6) is 0 Å². The van der Waals surface area contributed by atoms with E-state index in [9.17, 15) is 8.42 Å².